The van der Waals surface area contributed by atoms with Crippen LogP contribution in [0, 0.1) is 6.92 Å². The Labute approximate surface area is 166 Å². The van der Waals surface area contributed by atoms with Gasteiger partial charge in [-0.25, -0.2) is 4.98 Å². The van der Waals surface area contributed by atoms with Crippen molar-refractivity contribution in [1.29, 1.82) is 0 Å². The van der Waals surface area contributed by atoms with E-state index in [0.29, 0.717) is 28.7 Å². The van der Waals surface area contributed by atoms with Gasteiger partial charge in [0.25, 0.3) is 5.91 Å². The summed E-state index contributed by atoms with van der Waals surface area (Å²) in [5.74, 6) is 0.686. The molecule has 1 amide bonds. The molecule has 0 radical (unpaired) electrons. The van der Waals surface area contributed by atoms with E-state index in [2.05, 4.69) is 20.4 Å². The molecule has 3 aromatic heterocycles. The molecule has 3 N–H and O–H groups in total. The van der Waals surface area contributed by atoms with Gasteiger partial charge >= 0.3 is 0 Å². The predicted octanol–water partition coefficient (Wildman–Crippen LogP) is 3.28. The molecule has 29 heavy (non-hydrogen) atoms. The van der Waals surface area contributed by atoms with Gasteiger partial charge in [0.05, 0.1) is 11.7 Å². The van der Waals surface area contributed by atoms with E-state index in [1.165, 1.54) is 0 Å². The molecule has 4 aromatic rings. The van der Waals surface area contributed by atoms with Gasteiger partial charge in [-0.05, 0) is 49.9 Å². The normalized spacial score (nSPS) is 15.2. The summed E-state index contributed by atoms with van der Waals surface area (Å²) < 4.78 is 7.15. The molecular formula is C21H20N6O2. The lowest BCUT2D eigenvalue weighted by Crippen LogP contribution is -2.43. The Morgan fingerprint density at radius 2 is 2.14 bits per heavy atom. The van der Waals surface area contributed by atoms with E-state index in [1.807, 2.05) is 49.5 Å². The van der Waals surface area contributed by atoms with Crippen LogP contribution in [0.15, 0.2) is 53.3 Å². The van der Waals surface area contributed by atoms with Crippen molar-refractivity contribution in [3.8, 4) is 11.4 Å². The fourth-order valence-electron chi connectivity index (χ4n) is 3.50. The molecule has 146 valence electrons. The number of carbonyl (C=O) groups is 1. The molecule has 0 bridgehead atoms. The second-order valence-electron chi connectivity index (χ2n) is 7.49. The summed E-state index contributed by atoms with van der Waals surface area (Å²) >= 11 is 0. The van der Waals surface area contributed by atoms with Crippen molar-refractivity contribution in [3.63, 3.8) is 0 Å². The lowest BCUT2D eigenvalue weighted by Gasteiger charge is -2.33. The summed E-state index contributed by atoms with van der Waals surface area (Å²) in [4.78, 5) is 21.6. The highest BCUT2D eigenvalue weighted by Gasteiger charge is 2.40. The van der Waals surface area contributed by atoms with Crippen LogP contribution >= 0.6 is 0 Å². The van der Waals surface area contributed by atoms with Gasteiger partial charge < -0.3 is 15.6 Å². The quantitative estimate of drug-likeness (QED) is 0.555. The van der Waals surface area contributed by atoms with Gasteiger partial charge in [0.1, 0.15) is 11.3 Å². The van der Waals surface area contributed by atoms with Gasteiger partial charge in [-0.2, -0.15) is 4.98 Å². The van der Waals surface area contributed by atoms with E-state index in [1.54, 1.807) is 10.6 Å². The van der Waals surface area contributed by atoms with Crippen LogP contribution in [0.5, 0.6) is 0 Å². The van der Waals surface area contributed by atoms with Crippen LogP contribution in [0.1, 0.15) is 41.2 Å². The Morgan fingerprint density at radius 1 is 1.28 bits per heavy atom. The van der Waals surface area contributed by atoms with Crippen molar-refractivity contribution in [2.45, 2.75) is 31.7 Å². The molecule has 1 aliphatic carbocycles. The molecule has 1 aromatic carbocycles. The number of rotatable bonds is 4. The average molecular weight is 388 g/mol. The molecule has 8 nitrogen and oxygen atoms in total. The molecule has 3 heterocycles. The molecular weight excluding hydrogens is 368 g/mol. The second kappa shape index (κ2) is 6.52. The zero-order valence-corrected chi connectivity index (χ0v) is 15.9. The Hall–Kier alpha value is -3.52. The van der Waals surface area contributed by atoms with Crippen LogP contribution in [0.3, 0.4) is 0 Å². The summed E-state index contributed by atoms with van der Waals surface area (Å²) in [5.41, 5.74) is 9.30. The third kappa shape index (κ3) is 2.98. The Kier molecular flexibility index (Phi) is 3.95. The lowest BCUT2D eigenvalue weighted by atomic mass is 9.78. The third-order valence-electron chi connectivity index (χ3n) is 5.49. The molecule has 1 saturated carbocycles. The minimum atomic E-state index is -0.504. The monoisotopic (exact) mass is 388 g/mol. The number of aromatic nitrogens is 4. The van der Waals surface area contributed by atoms with Crippen molar-refractivity contribution in [1.82, 2.24) is 19.5 Å². The molecule has 0 aliphatic heterocycles. The standard InChI is InChI=1S/C21H20N6O2/c1-13-6-7-14(18-25-20(29-26-18)21(22)8-4-9-21)11-15(13)24-19(28)16-12-23-17-5-2-3-10-27(16)17/h2-3,5-7,10-12H,4,8-9,22H2,1H3,(H,24,28). The zero-order chi connectivity index (χ0) is 20.0. The highest BCUT2D eigenvalue weighted by atomic mass is 16.5. The van der Waals surface area contributed by atoms with Crippen LogP contribution in [-0.4, -0.2) is 25.4 Å². The first-order chi connectivity index (χ1) is 14.0. The van der Waals surface area contributed by atoms with E-state index < -0.39 is 5.54 Å². The van der Waals surface area contributed by atoms with E-state index in [9.17, 15) is 4.79 Å². The number of hydrogen-bond donors (Lipinski definition) is 2. The highest BCUT2D eigenvalue weighted by Crippen LogP contribution is 2.38. The largest absolute Gasteiger partial charge is 0.337 e. The number of nitrogens with one attached hydrogen (secondary N) is 1. The summed E-state index contributed by atoms with van der Waals surface area (Å²) in [7, 11) is 0. The lowest BCUT2D eigenvalue weighted by molar-refractivity contribution is 0.102. The number of carbonyl (C=O) groups excluding carboxylic acids is 1. The van der Waals surface area contributed by atoms with Gasteiger partial charge in [-0.1, -0.05) is 23.4 Å². The van der Waals surface area contributed by atoms with Crippen molar-refractivity contribution in [2.24, 2.45) is 5.73 Å². The zero-order valence-electron chi connectivity index (χ0n) is 15.9. The molecule has 5 rings (SSSR count). The minimum Gasteiger partial charge on any atom is -0.337 e. The number of imidazole rings is 1. The first-order valence-electron chi connectivity index (χ1n) is 9.51. The fourth-order valence-corrected chi connectivity index (χ4v) is 3.50. The summed E-state index contributed by atoms with van der Waals surface area (Å²) in [5, 5.41) is 7.05. The minimum absolute atomic E-state index is 0.242. The predicted molar refractivity (Wildman–Crippen MR) is 107 cm³/mol. The summed E-state index contributed by atoms with van der Waals surface area (Å²) in [6, 6.07) is 11.2. The number of fused-ring (bicyclic) bond motifs is 1. The number of pyridine rings is 1. The van der Waals surface area contributed by atoms with Crippen molar-refractivity contribution < 1.29 is 9.32 Å². The topological polar surface area (TPSA) is 111 Å². The van der Waals surface area contributed by atoms with Crippen molar-refractivity contribution in [3.05, 3.63) is 65.9 Å². The van der Waals surface area contributed by atoms with Gasteiger partial charge in [0.2, 0.25) is 11.7 Å². The van der Waals surface area contributed by atoms with Crippen LogP contribution < -0.4 is 11.1 Å². The highest BCUT2D eigenvalue weighted by molar-refractivity contribution is 6.04. The van der Waals surface area contributed by atoms with Gasteiger partial charge in [-0.3, -0.25) is 9.20 Å². The Bertz CT molecular complexity index is 1220. The van der Waals surface area contributed by atoms with Crippen LogP contribution in [0.4, 0.5) is 5.69 Å². The molecule has 0 spiro atoms. The fraction of sp³-hybridized carbons (Fsp3) is 0.238. The molecule has 0 saturated heterocycles. The Balaban J connectivity index is 1.43. The maximum Gasteiger partial charge on any atom is 0.274 e. The van der Waals surface area contributed by atoms with Crippen molar-refractivity contribution in [2.75, 3.05) is 5.32 Å². The maximum absolute atomic E-state index is 12.8. The third-order valence-corrected chi connectivity index (χ3v) is 5.49. The van der Waals surface area contributed by atoms with Crippen molar-refractivity contribution >= 4 is 17.2 Å². The van der Waals surface area contributed by atoms with E-state index in [0.717, 1.165) is 30.4 Å². The van der Waals surface area contributed by atoms with E-state index in [4.69, 9.17) is 10.3 Å². The first kappa shape index (κ1) is 17.6. The van der Waals surface area contributed by atoms with Crippen LogP contribution in [-0.2, 0) is 5.54 Å². The maximum atomic E-state index is 12.8. The number of nitrogens with two attached hydrogens (primary N) is 1. The molecule has 0 atom stereocenters. The second-order valence-corrected chi connectivity index (χ2v) is 7.49. The Morgan fingerprint density at radius 3 is 2.93 bits per heavy atom. The first-order valence-corrected chi connectivity index (χ1v) is 9.51. The molecule has 0 unspecified atom stereocenters. The number of aryl methyl sites for hydroxylation is 1. The SMILES string of the molecule is Cc1ccc(-c2noc(C3(N)CCC3)n2)cc1NC(=O)c1cnc2ccccn12. The number of amides is 1. The van der Waals surface area contributed by atoms with E-state index in [-0.39, 0.29) is 5.91 Å². The average Bonchev–Trinajstić information content (AvgIpc) is 3.35. The number of hydrogen-bond acceptors (Lipinski definition) is 6. The molecule has 8 heteroatoms. The van der Waals surface area contributed by atoms with Crippen LogP contribution in [0.2, 0.25) is 0 Å². The molecule has 1 aliphatic rings. The molecule has 1 fully saturated rings. The summed E-state index contributed by atoms with van der Waals surface area (Å²) in [6.07, 6.45) is 6.14. The van der Waals surface area contributed by atoms with Crippen LogP contribution in [0.25, 0.3) is 17.0 Å². The number of nitrogens with zero attached hydrogens (tertiary/aromatic N) is 4. The smallest absolute Gasteiger partial charge is 0.274 e. The summed E-state index contributed by atoms with van der Waals surface area (Å²) in [6.45, 7) is 1.93. The number of anilines is 1. The number of benzene rings is 1. The van der Waals surface area contributed by atoms with Gasteiger partial charge in [0, 0.05) is 17.4 Å². The van der Waals surface area contributed by atoms with Gasteiger partial charge in [0.15, 0.2) is 0 Å². The van der Waals surface area contributed by atoms with E-state index >= 15 is 0 Å². The van der Waals surface area contributed by atoms with Gasteiger partial charge in [-0.15, -0.1) is 0 Å².